The molecule has 2 nitrogen and oxygen atoms in total. The lowest BCUT2D eigenvalue weighted by Gasteiger charge is -2.22. The summed E-state index contributed by atoms with van der Waals surface area (Å²) in [6.07, 6.45) is 0.281. The van der Waals surface area contributed by atoms with Crippen LogP contribution < -0.4 is 0 Å². The van der Waals surface area contributed by atoms with Gasteiger partial charge in [-0.15, -0.1) is 0 Å². The van der Waals surface area contributed by atoms with E-state index in [0.717, 1.165) is 6.61 Å². The SMILES string of the molecule is CC(CO[Si](C)(C)C)O[SiH](C)C. The molecule has 0 amide bonds. The number of hydrogen-bond acceptors (Lipinski definition) is 2. The molecule has 0 radical (unpaired) electrons. The quantitative estimate of drug-likeness (QED) is 0.642. The van der Waals surface area contributed by atoms with Crippen LogP contribution in [0.2, 0.25) is 32.7 Å². The van der Waals surface area contributed by atoms with Gasteiger partial charge >= 0.3 is 0 Å². The molecule has 1 atom stereocenters. The molecule has 0 saturated heterocycles. The molecule has 0 N–H and O–H groups in total. The molecule has 12 heavy (non-hydrogen) atoms. The van der Waals surface area contributed by atoms with E-state index in [-0.39, 0.29) is 6.10 Å². The lowest BCUT2D eigenvalue weighted by atomic mass is 10.5. The first-order valence-electron chi connectivity index (χ1n) is 4.60. The van der Waals surface area contributed by atoms with Gasteiger partial charge in [-0.1, -0.05) is 0 Å². The first-order valence-corrected chi connectivity index (χ1v) is 10.8. The maximum atomic E-state index is 5.73. The van der Waals surface area contributed by atoms with Gasteiger partial charge in [-0.05, 0) is 39.7 Å². The van der Waals surface area contributed by atoms with Crippen LogP contribution in [-0.2, 0) is 8.85 Å². The van der Waals surface area contributed by atoms with Crippen molar-refractivity contribution in [2.24, 2.45) is 0 Å². The predicted octanol–water partition coefficient (Wildman–Crippen LogP) is 2.23. The van der Waals surface area contributed by atoms with Crippen molar-refractivity contribution in [3.05, 3.63) is 0 Å². The predicted molar refractivity (Wildman–Crippen MR) is 58.7 cm³/mol. The van der Waals surface area contributed by atoms with E-state index >= 15 is 0 Å². The summed E-state index contributed by atoms with van der Waals surface area (Å²) in [4.78, 5) is 0. The van der Waals surface area contributed by atoms with E-state index in [2.05, 4.69) is 39.7 Å². The van der Waals surface area contributed by atoms with Crippen molar-refractivity contribution >= 4 is 17.4 Å². The average molecular weight is 206 g/mol. The second-order valence-electron chi connectivity index (χ2n) is 4.42. The zero-order valence-corrected chi connectivity index (χ0v) is 11.3. The number of hydrogen-bond donors (Lipinski definition) is 0. The summed E-state index contributed by atoms with van der Waals surface area (Å²) in [5, 5.41) is 0. The highest BCUT2D eigenvalue weighted by Crippen LogP contribution is 2.05. The van der Waals surface area contributed by atoms with E-state index in [1.807, 2.05) is 0 Å². The molecule has 0 heterocycles. The lowest BCUT2D eigenvalue weighted by Crippen LogP contribution is -2.32. The smallest absolute Gasteiger partial charge is 0.183 e. The number of rotatable bonds is 5. The maximum Gasteiger partial charge on any atom is 0.183 e. The van der Waals surface area contributed by atoms with E-state index in [1.54, 1.807) is 0 Å². The van der Waals surface area contributed by atoms with Gasteiger partial charge in [0.1, 0.15) is 0 Å². The molecule has 1 unspecified atom stereocenters. The normalized spacial score (nSPS) is 15.2. The molecule has 0 saturated carbocycles. The van der Waals surface area contributed by atoms with Crippen LogP contribution in [0.3, 0.4) is 0 Å². The van der Waals surface area contributed by atoms with Crippen LogP contribution in [0.25, 0.3) is 0 Å². The Morgan fingerprint density at radius 3 is 2.08 bits per heavy atom. The Balaban J connectivity index is 3.51. The molecule has 0 aromatic carbocycles. The van der Waals surface area contributed by atoms with Gasteiger partial charge in [-0.2, -0.15) is 0 Å². The first-order chi connectivity index (χ1) is 5.31. The molecular formula is C8H22O2Si2. The molecule has 0 aromatic heterocycles. The highest BCUT2D eigenvalue weighted by molar-refractivity contribution is 6.69. The van der Waals surface area contributed by atoms with Crippen LogP contribution in [0, 0.1) is 0 Å². The molecular weight excluding hydrogens is 184 g/mol. The summed E-state index contributed by atoms with van der Waals surface area (Å²) >= 11 is 0. The van der Waals surface area contributed by atoms with Crippen molar-refractivity contribution in [3.63, 3.8) is 0 Å². The average Bonchev–Trinajstić information content (AvgIpc) is 1.80. The van der Waals surface area contributed by atoms with Crippen LogP contribution in [0.1, 0.15) is 6.92 Å². The van der Waals surface area contributed by atoms with Gasteiger partial charge in [0.25, 0.3) is 0 Å². The molecule has 4 heteroatoms. The largest absolute Gasteiger partial charge is 0.416 e. The summed E-state index contributed by atoms with van der Waals surface area (Å²) in [6, 6.07) is 0. The molecule has 0 aliphatic heterocycles. The van der Waals surface area contributed by atoms with Crippen LogP contribution in [-0.4, -0.2) is 30.1 Å². The Morgan fingerprint density at radius 1 is 1.25 bits per heavy atom. The Labute approximate surface area is 79.1 Å². The third-order valence-electron chi connectivity index (χ3n) is 1.26. The minimum absolute atomic E-state index is 0.281. The van der Waals surface area contributed by atoms with E-state index in [1.165, 1.54) is 0 Å². The van der Waals surface area contributed by atoms with Gasteiger partial charge in [0.15, 0.2) is 17.4 Å². The van der Waals surface area contributed by atoms with E-state index in [4.69, 9.17) is 8.85 Å². The molecule has 0 fully saturated rings. The summed E-state index contributed by atoms with van der Waals surface area (Å²) < 4.78 is 11.4. The Hall–Kier alpha value is 0.354. The molecule has 74 valence electrons. The van der Waals surface area contributed by atoms with Gasteiger partial charge in [-0.3, -0.25) is 0 Å². The topological polar surface area (TPSA) is 18.5 Å². The van der Waals surface area contributed by atoms with Gasteiger partial charge < -0.3 is 8.85 Å². The minimum Gasteiger partial charge on any atom is -0.416 e. The molecule has 0 spiro atoms. The molecule has 0 rings (SSSR count). The van der Waals surface area contributed by atoms with Crippen molar-refractivity contribution in [2.45, 2.75) is 45.8 Å². The zero-order chi connectivity index (χ0) is 9.78. The van der Waals surface area contributed by atoms with Gasteiger partial charge in [0, 0.05) is 0 Å². The fourth-order valence-electron chi connectivity index (χ4n) is 0.871. The van der Waals surface area contributed by atoms with Gasteiger partial charge in [0.2, 0.25) is 0 Å². The monoisotopic (exact) mass is 206 g/mol. The molecule has 0 aliphatic carbocycles. The lowest BCUT2D eigenvalue weighted by molar-refractivity contribution is 0.140. The third-order valence-corrected chi connectivity index (χ3v) is 3.30. The zero-order valence-electron chi connectivity index (χ0n) is 9.18. The Kier molecular flexibility index (Phi) is 5.32. The Morgan fingerprint density at radius 2 is 1.75 bits per heavy atom. The molecule has 0 bridgehead atoms. The summed E-state index contributed by atoms with van der Waals surface area (Å²) in [5.74, 6) is 0. The highest BCUT2D eigenvalue weighted by Gasteiger charge is 2.16. The van der Waals surface area contributed by atoms with Crippen LogP contribution in [0.15, 0.2) is 0 Å². The van der Waals surface area contributed by atoms with Crippen molar-refractivity contribution in [2.75, 3.05) is 6.61 Å². The molecule has 0 aliphatic rings. The Bertz CT molecular complexity index is 121. The second-order valence-corrected chi connectivity index (χ2v) is 11.3. The fraction of sp³-hybridized carbons (Fsp3) is 1.00. The van der Waals surface area contributed by atoms with Crippen LogP contribution >= 0.6 is 0 Å². The van der Waals surface area contributed by atoms with Crippen LogP contribution in [0.5, 0.6) is 0 Å². The van der Waals surface area contributed by atoms with E-state index in [0.29, 0.717) is 0 Å². The van der Waals surface area contributed by atoms with Gasteiger partial charge in [-0.25, -0.2) is 0 Å². The third kappa shape index (κ3) is 8.45. The van der Waals surface area contributed by atoms with Gasteiger partial charge in [0.05, 0.1) is 12.7 Å². The van der Waals surface area contributed by atoms with E-state index in [9.17, 15) is 0 Å². The van der Waals surface area contributed by atoms with Crippen LogP contribution in [0.4, 0.5) is 0 Å². The standard InChI is InChI=1S/C8H22O2Si2/c1-8(10-11(2)3)7-9-12(4,5)6/h8,11H,7H2,1-6H3. The molecule has 0 aromatic rings. The van der Waals surface area contributed by atoms with Crippen molar-refractivity contribution in [1.29, 1.82) is 0 Å². The van der Waals surface area contributed by atoms with E-state index < -0.39 is 17.4 Å². The minimum atomic E-state index is -1.34. The van der Waals surface area contributed by atoms with Crippen molar-refractivity contribution in [3.8, 4) is 0 Å². The summed E-state index contributed by atoms with van der Waals surface area (Å²) in [7, 11) is -2.21. The summed E-state index contributed by atoms with van der Waals surface area (Å²) in [6.45, 7) is 13.8. The highest BCUT2D eigenvalue weighted by atomic mass is 28.4. The van der Waals surface area contributed by atoms with Crippen molar-refractivity contribution < 1.29 is 8.85 Å². The van der Waals surface area contributed by atoms with Crippen molar-refractivity contribution in [1.82, 2.24) is 0 Å². The maximum absolute atomic E-state index is 5.73. The summed E-state index contributed by atoms with van der Waals surface area (Å²) in [5.41, 5.74) is 0. The second kappa shape index (κ2) is 5.16. The first kappa shape index (κ1) is 12.4. The fourth-order valence-corrected chi connectivity index (χ4v) is 2.61.